The van der Waals surface area contributed by atoms with Crippen LogP contribution in [0.1, 0.15) is 30.3 Å². The van der Waals surface area contributed by atoms with Crippen LogP contribution in [0.5, 0.6) is 0 Å². The third-order valence-corrected chi connectivity index (χ3v) is 3.17. The van der Waals surface area contributed by atoms with Gasteiger partial charge in [0.2, 0.25) is 0 Å². The normalized spacial score (nSPS) is 16.4. The number of carbonyl (C=O) groups is 1. The number of nitrogens with one attached hydrogen (secondary N) is 1. The topological polar surface area (TPSA) is 82.2 Å². The summed E-state index contributed by atoms with van der Waals surface area (Å²) in [6.07, 6.45) is 5.99. The molecule has 0 aromatic carbocycles. The van der Waals surface area contributed by atoms with Gasteiger partial charge in [-0.2, -0.15) is 0 Å². The molecule has 6 nitrogen and oxygen atoms in total. The summed E-state index contributed by atoms with van der Waals surface area (Å²) in [7, 11) is 1.57. The van der Waals surface area contributed by atoms with Crippen molar-refractivity contribution in [2.24, 2.45) is 5.84 Å². The molecule has 1 amide bonds. The van der Waals surface area contributed by atoms with Gasteiger partial charge in [-0.3, -0.25) is 10.2 Å². The fraction of sp³-hybridized carbons (Fsp3) is 0.636. The summed E-state index contributed by atoms with van der Waals surface area (Å²) in [5.41, 5.74) is 4.42. The molecule has 17 heavy (non-hydrogen) atoms. The number of fused-ring (bicyclic) bond motifs is 1. The molecule has 1 atom stereocenters. The van der Waals surface area contributed by atoms with Crippen molar-refractivity contribution in [3.63, 3.8) is 0 Å². The number of aryl methyl sites for hydroxylation is 1. The Morgan fingerprint density at radius 2 is 2.41 bits per heavy atom. The van der Waals surface area contributed by atoms with Crippen LogP contribution in [0.2, 0.25) is 0 Å². The number of nitrogens with two attached hydrogens (primary N) is 1. The lowest BCUT2D eigenvalue weighted by Crippen LogP contribution is -2.39. The summed E-state index contributed by atoms with van der Waals surface area (Å²) >= 11 is 0. The zero-order chi connectivity index (χ0) is 12.3. The Kier molecular flexibility index (Phi) is 3.75. The molecule has 0 radical (unpaired) electrons. The second-order valence-electron chi connectivity index (χ2n) is 4.23. The summed E-state index contributed by atoms with van der Waals surface area (Å²) in [6, 6.07) is -0.431. The number of methoxy groups -OCH3 is 1. The number of hydrogen-bond donors (Lipinski definition) is 2. The van der Waals surface area contributed by atoms with Gasteiger partial charge in [-0.1, -0.05) is 0 Å². The van der Waals surface area contributed by atoms with Gasteiger partial charge in [0, 0.05) is 12.8 Å². The second kappa shape index (κ2) is 5.29. The number of imidazole rings is 1. The molecule has 1 unspecified atom stereocenters. The summed E-state index contributed by atoms with van der Waals surface area (Å²) in [4.78, 5) is 16.1. The van der Waals surface area contributed by atoms with E-state index in [2.05, 4.69) is 10.4 Å². The molecular formula is C11H18N4O2. The van der Waals surface area contributed by atoms with Crippen LogP contribution < -0.4 is 11.3 Å². The smallest absolute Gasteiger partial charge is 0.259 e. The van der Waals surface area contributed by atoms with Crippen molar-refractivity contribution in [3.8, 4) is 0 Å². The van der Waals surface area contributed by atoms with Gasteiger partial charge in [0.25, 0.3) is 5.91 Å². The van der Waals surface area contributed by atoms with E-state index in [0.29, 0.717) is 6.61 Å². The monoisotopic (exact) mass is 238 g/mol. The standard InChI is InChI=1S/C11H18N4O2/c1-17-6-10(11(16)14-12)15-7-13-8-4-2-3-5-9(8)15/h7,10H,2-6,12H2,1H3,(H,14,16). The van der Waals surface area contributed by atoms with E-state index in [4.69, 9.17) is 10.6 Å². The zero-order valence-electron chi connectivity index (χ0n) is 9.98. The van der Waals surface area contributed by atoms with Crippen molar-refractivity contribution >= 4 is 5.91 Å². The molecule has 1 aromatic heterocycles. The first-order chi connectivity index (χ1) is 8.27. The Labute approximate surface area is 100 Å². The summed E-state index contributed by atoms with van der Waals surface area (Å²) in [5.74, 6) is 4.94. The van der Waals surface area contributed by atoms with Crippen LogP contribution >= 0.6 is 0 Å². The molecule has 1 heterocycles. The van der Waals surface area contributed by atoms with Crippen LogP contribution in [-0.2, 0) is 22.4 Å². The predicted octanol–water partition coefficient (Wildman–Crippen LogP) is -0.0607. The van der Waals surface area contributed by atoms with Gasteiger partial charge in [0.1, 0.15) is 6.04 Å². The molecule has 0 aliphatic heterocycles. The Hall–Kier alpha value is -1.40. The Balaban J connectivity index is 2.29. The highest BCUT2D eigenvalue weighted by Gasteiger charge is 2.25. The minimum atomic E-state index is -0.431. The molecule has 3 N–H and O–H groups in total. The molecule has 1 aliphatic rings. The maximum Gasteiger partial charge on any atom is 0.259 e. The Morgan fingerprint density at radius 1 is 1.65 bits per heavy atom. The number of hydrazine groups is 1. The first-order valence-corrected chi connectivity index (χ1v) is 5.82. The van der Waals surface area contributed by atoms with Gasteiger partial charge in [-0.05, 0) is 25.7 Å². The van der Waals surface area contributed by atoms with E-state index in [1.807, 2.05) is 4.57 Å². The molecule has 0 fully saturated rings. The van der Waals surface area contributed by atoms with Crippen molar-refractivity contribution in [2.45, 2.75) is 31.7 Å². The lowest BCUT2D eigenvalue weighted by molar-refractivity contribution is -0.125. The molecule has 6 heteroatoms. The molecule has 0 spiro atoms. The van der Waals surface area contributed by atoms with E-state index < -0.39 is 6.04 Å². The van der Waals surface area contributed by atoms with E-state index >= 15 is 0 Å². The average Bonchev–Trinajstić information content (AvgIpc) is 2.79. The SMILES string of the molecule is COCC(C(=O)NN)n1cnc2c1CCCC2. The number of aromatic nitrogens is 2. The summed E-state index contributed by atoms with van der Waals surface area (Å²) in [5, 5.41) is 0. The van der Waals surface area contributed by atoms with Crippen molar-refractivity contribution < 1.29 is 9.53 Å². The molecule has 0 bridgehead atoms. The van der Waals surface area contributed by atoms with Crippen molar-refractivity contribution in [2.75, 3.05) is 13.7 Å². The van der Waals surface area contributed by atoms with Crippen molar-refractivity contribution in [3.05, 3.63) is 17.7 Å². The number of amides is 1. The third-order valence-electron chi connectivity index (χ3n) is 3.17. The van der Waals surface area contributed by atoms with Gasteiger partial charge < -0.3 is 9.30 Å². The van der Waals surface area contributed by atoms with E-state index in [-0.39, 0.29) is 5.91 Å². The number of nitrogens with zero attached hydrogens (tertiary/aromatic N) is 2. The van der Waals surface area contributed by atoms with Crippen LogP contribution in [0.15, 0.2) is 6.33 Å². The predicted molar refractivity (Wildman–Crippen MR) is 62.1 cm³/mol. The minimum Gasteiger partial charge on any atom is -0.382 e. The Bertz CT molecular complexity index is 402. The van der Waals surface area contributed by atoms with Crippen LogP contribution in [0.25, 0.3) is 0 Å². The molecule has 0 saturated carbocycles. The third kappa shape index (κ3) is 2.32. The van der Waals surface area contributed by atoms with E-state index in [0.717, 1.165) is 30.7 Å². The maximum atomic E-state index is 11.7. The molecule has 94 valence electrons. The first kappa shape index (κ1) is 12.1. The average molecular weight is 238 g/mol. The molecule has 2 rings (SSSR count). The number of carbonyl (C=O) groups excluding carboxylic acids is 1. The van der Waals surface area contributed by atoms with Crippen molar-refractivity contribution in [1.82, 2.24) is 15.0 Å². The largest absolute Gasteiger partial charge is 0.382 e. The highest BCUT2D eigenvalue weighted by Crippen LogP contribution is 2.23. The molecular weight excluding hydrogens is 220 g/mol. The lowest BCUT2D eigenvalue weighted by atomic mass is 10.0. The van der Waals surface area contributed by atoms with Gasteiger partial charge in [0.15, 0.2) is 0 Å². The Morgan fingerprint density at radius 3 is 3.12 bits per heavy atom. The molecule has 1 aromatic rings. The molecule has 1 aliphatic carbocycles. The second-order valence-corrected chi connectivity index (χ2v) is 4.23. The van der Waals surface area contributed by atoms with Gasteiger partial charge >= 0.3 is 0 Å². The van der Waals surface area contributed by atoms with Crippen LogP contribution in [0.4, 0.5) is 0 Å². The van der Waals surface area contributed by atoms with E-state index in [1.165, 1.54) is 6.42 Å². The fourth-order valence-electron chi connectivity index (χ4n) is 2.30. The lowest BCUT2D eigenvalue weighted by Gasteiger charge is -2.20. The summed E-state index contributed by atoms with van der Waals surface area (Å²) in [6.45, 7) is 0.297. The summed E-state index contributed by atoms with van der Waals surface area (Å²) < 4.78 is 6.97. The first-order valence-electron chi connectivity index (χ1n) is 5.82. The van der Waals surface area contributed by atoms with Gasteiger partial charge in [-0.15, -0.1) is 0 Å². The number of hydrogen-bond acceptors (Lipinski definition) is 4. The highest BCUT2D eigenvalue weighted by molar-refractivity contribution is 5.79. The van der Waals surface area contributed by atoms with Gasteiger partial charge in [0.05, 0.1) is 18.6 Å². The highest BCUT2D eigenvalue weighted by atomic mass is 16.5. The maximum absolute atomic E-state index is 11.7. The number of ether oxygens (including phenoxy) is 1. The number of rotatable bonds is 4. The molecule has 0 saturated heterocycles. The zero-order valence-corrected chi connectivity index (χ0v) is 9.98. The van der Waals surface area contributed by atoms with Crippen LogP contribution in [0, 0.1) is 0 Å². The fourth-order valence-corrected chi connectivity index (χ4v) is 2.30. The van der Waals surface area contributed by atoms with E-state index in [1.54, 1.807) is 13.4 Å². The van der Waals surface area contributed by atoms with Crippen molar-refractivity contribution in [1.29, 1.82) is 0 Å². The van der Waals surface area contributed by atoms with E-state index in [9.17, 15) is 4.79 Å². The van der Waals surface area contributed by atoms with Gasteiger partial charge in [-0.25, -0.2) is 10.8 Å². The quantitative estimate of drug-likeness (QED) is 0.437. The minimum absolute atomic E-state index is 0.252. The van der Waals surface area contributed by atoms with Crippen LogP contribution in [-0.4, -0.2) is 29.2 Å². The van der Waals surface area contributed by atoms with Crippen LogP contribution in [0.3, 0.4) is 0 Å².